The van der Waals surface area contributed by atoms with E-state index in [-0.39, 0.29) is 10.9 Å². The summed E-state index contributed by atoms with van der Waals surface area (Å²) >= 11 is 12.5. The Morgan fingerprint density at radius 3 is 2.53 bits per heavy atom. The maximum atomic E-state index is 12.7. The van der Waals surface area contributed by atoms with E-state index in [1.807, 2.05) is 18.2 Å². The molecule has 3 aromatic carbocycles. The maximum absolute atomic E-state index is 12.7. The summed E-state index contributed by atoms with van der Waals surface area (Å²) in [6, 6.07) is 15.4. The van der Waals surface area contributed by atoms with E-state index >= 15 is 0 Å². The first-order chi connectivity index (χ1) is 18.4. The zero-order valence-electron chi connectivity index (χ0n) is 20.5. The molecule has 1 unspecified atom stereocenters. The summed E-state index contributed by atoms with van der Waals surface area (Å²) < 4.78 is 17.5. The molecule has 0 aromatic heterocycles. The normalized spacial score (nSPS) is 16.2. The van der Waals surface area contributed by atoms with Gasteiger partial charge in [-0.15, -0.1) is 0 Å². The van der Waals surface area contributed by atoms with Gasteiger partial charge in [0, 0.05) is 28.8 Å². The minimum absolute atomic E-state index is 0.203. The van der Waals surface area contributed by atoms with E-state index in [9.17, 15) is 14.7 Å². The summed E-state index contributed by atoms with van der Waals surface area (Å²) in [4.78, 5) is 24.2. The molecule has 5 rings (SSSR count). The second-order valence-corrected chi connectivity index (χ2v) is 10.3. The lowest BCUT2D eigenvalue weighted by Crippen LogP contribution is -2.25. The van der Waals surface area contributed by atoms with E-state index in [0.717, 1.165) is 11.3 Å². The lowest BCUT2D eigenvalue weighted by atomic mass is 9.93. The molecular weight excluding hydrogens is 529 g/mol. The van der Waals surface area contributed by atoms with Crippen LogP contribution in [0.15, 0.2) is 54.6 Å². The van der Waals surface area contributed by atoms with Gasteiger partial charge in [0.25, 0.3) is 5.91 Å². The number of hydrogen-bond donors (Lipinski definition) is 2. The topological polar surface area (TPSA) is 94.1 Å². The number of nitrogens with one attached hydrogen (secondary N) is 1. The van der Waals surface area contributed by atoms with E-state index in [4.69, 9.17) is 37.4 Å². The molecule has 1 aliphatic heterocycles. The third-order valence-corrected chi connectivity index (χ3v) is 7.16. The SMILES string of the molecule is O=C(NCCc1ccc(Cl)cc1OCC1CC1)c1ccc(Oc2cc3c(cc2Cl)C(C(=O)O)CCO3)cc1. The largest absolute Gasteiger partial charge is 0.493 e. The van der Waals surface area contributed by atoms with Crippen LogP contribution in [0.5, 0.6) is 23.0 Å². The minimum atomic E-state index is -0.913. The molecule has 9 heteroatoms. The number of halogens is 2. The van der Waals surface area contributed by atoms with Gasteiger partial charge in [0.2, 0.25) is 0 Å². The molecule has 3 aromatic rings. The fraction of sp³-hybridized carbons (Fsp3) is 0.310. The van der Waals surface area contributed by atoms with Gasteiger partial charge in [-0.05, 0) is 79.6 Å². The molecule has 38 heavy (non-hydrogen) atoms. The van der Waals surface area contributed by atoms with Crippen LogP contribution in [0.25, 0.3) is 0 Å². The van der Waals surface area contributed by atoms with Gasteiger partial charge in [0.15, 0.2) is 0 Å². The average molecular weight is 556 g/mol. The first-order valence-corrected chi connectivity index (χ1v) is 13.3. The first kappa shape index (κ1) is 26.2. The Morgan fingerprint density at radius 2 is 1.79 bits per heavy atom. The van der Waals surface area contributed by atoms with E-state index in [0.29, 0.717) is 71.9 Å². The van der Waals surface area contributed by atoms with Crippen LogP contribution in [0.2, 0.25) is 10.0 Å². The Morgan fingerprint density at radius 1 is 1.00 bits per heavy atom. The number of ether oxygens (including phenoxy) is 3. The van der Waals surface area contributed by atoms with Gasteiger partial charge >= 0.3 is 5.97 Å². The standard InChI is InChI=1S/C29H27Cl2NO6/c30-20-6-3-18(25(13-20)37-16-17-1-2-17)9-11-32-28(33)19-4-7-21(8-5-19)38-27-15-26-23(14-24(27)31)22(29(34)35)10-12-36-26/h3-8,13-15,17,22H,1-2,9-12,16H2,(H,32,33)(H,34,35). The zero-order chi connectivity index (χ0) is 26.6. The number of carboxylic acid groups (broad SMARTS) is 1. The fourth-order valence-corrected chi connectivity index (χ4v) is 4.67. The number of fused-ring (bicyclic) bond motifs is 1. The Bertz CT molecular complexity index is 1340. The molecule has 1 atom stereocenters. The van der Waals surface area contributed by atoms with Gasteiger partial charge in [-0.3, -0.25) is 9.59 Å². The van der Waals surface area contributed by atoms with E-state index < -0.39 is 11.9 Å². The Labute approximate surface area is 230 Å². The van der Waals surface area contributed by atoms with Gasteiger partial charge in [-0.2, -0.15) is 0 Å². The van der Waals surface area contributed by atoms with Crippen molar-refractivity contribution in [3.05, 3.63) is 81.3 Å². The van der Waals surface area contributed by atoms with E-state index in [2.05, 4.69) is 5.32 Å². The van der Waals surface area contributed by atoms with Crippen LogP contribution in [0.3, 0.4) is 0 Å². The number of rotatable bonds is 10. The summed E-state index contributed by atoms with van der Waals surface area (Å²) in [6.45, 7) is 1.45. The molecule has 2 aliphatic rings. The third-order valence-electron chi connectivity index (χ3n) is 6.63. The average Bonchev–Trinajstić information content (AvgIpc) is 3.73. The van der Waals surface area contributed by atoms with Crippen molar-refractivity contribution in [3.63, 3.8) is 0 Å². The van der Waals surface area contributed by atoms with Gasteiger partial charge in [0.05, 0.1) is 24.2 Å². The summed E-state index contributed by atoms with van der Waals surface area (Å²) in [5.41, 5.74) is 2.02. The lowest BCUT2D eigenvalue weighted by molar-refractivity contribution is -0.139. The van der Waals surface area contributed by atoms with Crippen molar-refractivity contribution >= 4 is 35.1 Å². The minimum Gasteiger partial charge on any atom is -0.493 e. The number of amides is 1. The molecule has 1 amide bonds. The highest BCUT2D eigenvalue weighted by atomic mass is 35.5. The number of benzene rings is 3. The van der Waals surface area contributed by atoms with Crippen LogP contribution >= 0.6 is 23.2 Å². The molecule has 7 nitrogen and oxygen atoms in total. The quantitative estimate of drug-likeness (QED) is 0.296. The molecule has 0 spiro atoms. The molecule has 1 fully saturated rings. The Balaban J connectivity index is 1.17. The highest BCUT2D eigenvalue weighted by Gasteiger charge is 2.29. The second-order valence-electron chi connectivity index (χ2n) is 9.49. The van der Waals surface area contributed by atoms with Crippen LogP contribution in [-0.2, 0) is 11.2 Å². The van der Waals surface area contributed by atoms with Crippen LogP contribution in [0.4, 0.5) is 0 Å². The fourth-order valence-electron chi connectivity index (χ4n) is 4.30. The summed E-state index contributed by atoms with van der Waals surface area (Å²) in [5.74, 6) is 0.892. The molecule has 2 N–H and O–H groups in total. The van der Waals surface area contributed by atoms with Crippen LogP contribution in [0, 0.1) is 5.92 Å². The van der Waals surface area contributed by atoms with Crippen molar-refractivity contribution in [1.82, 2.24) is 5.32 Å². The number of carbonyl (C=O) groups excluding carboxylic acids is 1. The summed E-state index contributed by atoms with van der Waals surface area (Å²) in [7, 11) is 0. The van der Waals surface area contributed by atoms with Crippen molar-refractivity contribution in [3.8, 4) is 23.0 Å². The van der Waals surface area contributed by atoms with Crippen LogP contribution in [0.1, 0.15) is 46.7 Å². The molecule has 1 aliphatic carbocycles. The first-order valence-electron chi connectivity index (χ1n) is 12.5. The van der Waals surface area contributed by atoms with E-state index in [1.54, 1.807) is 36.4 Å². The zero-order valence-corrected chi connectivity index (χ0v) is 22.1. The monoisotopic (exact) mass is 555 g/mol. The van der Waals surface area contributed by atoms with Crippen molar-refractivity contribution in [2.45, 2.75) is 31.6 Å². The predicted octanol–water partition coefficient (Wildman–Crippen LogP) is 6.50. The molecule has 1 saturated carbocycles. The number of carbonyl (C=O) groups is 2. The molecule has 1 heterocycles. The number of hydrogen-bond acceptors (Lipinski definition) is 5. The van der Waals surface area contributed by atoms with Gasteiger partial charge in [-0.25, -0.2) is 0 Å². The molecular formula is C29H27Cl2NO6. The predicted molar refractivity (Wildman–Crippen MR) is 144 cm³/mol. The van der Waals surface area contributed by atoms with Crippen molar-refractivity contribution < 1.29 is 28.9 Å². The summed E-state index contributed by atoms with van der Waals surface area (Å²) in [5, 5.41) is 13.3. The van der Waals surface area contributed by atoms with E-state index in [1.165, 1.54) is 12.8 Å². The Kier molecular flexibility index (Phi) is 7.95. The van der Waals surface area contributed by atoms with Crippen molar-refractivity contribution in [2.75, 3.05) is 19.8 Å². The molecule has 0 radical (unpaired) electrons. The summed E-state index contributed by atoms with van der Waals surface area (Å²) in [6.07, 6.45) is 3.42. The van der Waals surface area contributed by atoms with Gasteiger partial charge in [-0.1, -0.05) is 29.3 Å². The highest BCUT2D eigenvalue weighted by Crippen LogP contribution is 2.42. The van der Waals surface area contributed by atoms with Crippen molar-refractivity contribution in [1.29, 1.82) is 0 Å². The van der Waals surface area contributed by atoms with Crippen molar-refractivity contribution in [2.24, 2.45) is 5.92 Å². The third kappa shape index (κ3) is 6.34. The smallest absolute Gasteiger partial charge is 0.311 e. The van der Waals surface area contributed by atoms with Crippen LogP contribution < -0.4 is 19.5 Å². The number of aliphatic carboxylic acids is 1. The molecule has 198 valence electrons. The van der Waals surface area contributed by atoms with Gasteiger partial charge in [0.1, 0.15) is 23.0 Å². The number of carboxylic acids is 1. The lowest BCUT2D eigenvalue weighted by Gasteiger charge is -2.24. The van der Waals surface area contributed by atoms with Gasteiger partial charge < -0.3 is 24.6 Å². The molecule has 0 saturated heterocycles. The molecule has 0 bridgehead atoms. The highest BCUT2D eigenvalue weighted by molar-refractivity contribution is 6.32. The Hall–Kier alpha value is -3.42. The maximum Gasteiger partial charge on any atom is 0.311 e. The van der Waals surface area contributed by atoms with Crippen LogP contribution in [-0.4, -0.2) is 36.7 Å². The second kappa shape index (κ2) is 11.5.